The van der Waals surface area contributed by atoms with Gasteiger partial charge in [-0.15, -0.1) is 0 Å². The van der Waals surface area contributed by atoms with E-state index < -0.39 is 0 Å². The molecule has 1 aromatic heterocycles. The minimum absolute atomic E-state index is 0.145. The zero-order chi connectivity index (χ0) is 18.9. The zero-order valence-corrected chi connectivity index (χ0v) is 16.6. The molecular weight excluding hydrogens is 324 g/mol. The summed E-state index contributed by atoms with van der Waals surface area (Å²) < 4.78 is 7.42. The lowest BCUT2D eigenvalue weighted by molar-refractivity contribution is -0.144. The molecule has 1 aromatic carbocycles. The summed E-state index contributed by atoms with van der Waals surface area (Å²) >= 11 is 0. The highest BCUT2D eigenvalue weighted by Crippen LogP contribution is 2.13. The first-order chi connectivity index (χ1) is 12.5. The van der Waals surface area contributed by atoms with Crippen molar-refractivity contribution < 1.29 is 9.53 Å². The van der Waals surface area contributed by atoms with E-state index in [2.05, 4.69) is 72.8 Å². The number of carbonyl (C=O) groups is 1. The Morgan fingerprint density at radius 1 is 1.23 bits per heavy atom. The second-order valence-corrected chi connectivity index (χ2v) is 7.31. The molecule has 0 amide bonds. The van der Waals surface area contributed by atoms with E-state index in [1.54, 1.807) is 0 Å². The maximum atomic E-state index is 12.0. The molecule has 0 spiro atoms. The summed E-state index contributed by atoms with van der Waals surface area (Å²) in [5.41, 5.74) is 3.79. The Bertz CT molecular complexity index is 691. The number of rotatable bonds is 10. The lowest BCUT2D eigenvalue weighted by Gasteiger charge is -2.23. The fourth-order valence-electron chi connectivity index (χ4n) is 3.03. The highest BCUT2D eigenvalue weighted by Gasteiger charge is 2.14. The molecule has 0 aliphatic rings. The summed E-state index contributed by atoms with van der Waals surface area (Å²) in [7, 11) is 0. The number of aryl methyl sites for hydroxylation is 1. The molecule has 1 heterocycles. The molecule has 0 aliphatic heterocycles. The van der Waals surface area contributed by atoms with Gasteiger partial charge in [0.1, 0.15) is 0 Å². The van der Waals surface area contributed by atoms with Crippen molar-refractivity contribution in [3.63, 3.8) is 0 Å². The first kappa shape index (κ1) is 20.2. The van der Waals surface area contributed by atoms with E-state index in [9.17, 15) is 4.79 Å². The van der Waals surface area contributed by atoms with Crippen LogP contribution in [0, 0.1) is 12.8 Å². The van der Waals surface area contributed by atoms with Crippen LogP contribution in [0.2, 0.25) is 0 Å². The Kier molecular flexibility index (Phi) is 7.92. The maximum Gasteiger partial charge on any atom is 0.320 e. The molecule has 0 N–H and O–H groups in total. The van der Waals surface area contributed by atoms with E-state index in [4.69, 9.17) is 4.74 Å². The van der Waals surface area contributed by atoms with Crippen molar-refractivity contribution in [2.75, 3.05) is 19.7 Å². The van der Waals surface area contributed by atoms with Crippen LogP contribution in [0.25, 0.3) is 0 Å². The summed E-state index contributed by atoms with van der Waals surface area (Å²) in [4.78, 5) is 14.2. The van der Waals surface area contributed by atoms with Crippen molar-refractivity contribution in [1.82, 2.24) is 9.47 Å². The van der Waals surface area contributed by atoms with Crippen molar-refractivity contribution in [2.24, 2.45) is 5.92 Å². The van der Waals surface area contributed by atoms with E-state index >= 15 is 0 Å². The van der Waals surface area contributed by atoms with Gasteiger partial charge in [-0.2, -0.15) is 0 Å². The van der Waals surface area contributed by atoms with Crippen LogP contribution in [0.4, 0.5) is 0 Å². The quantitative estimate of drug-likeness (QED) is 0.597. The summed E-state index contributed by atoms with van der Waals surface area (Å²) in [5.74, 6) is 0.465. The average Bonchev–Trinajstić information content (AvgIpc) is 2.99. The van der Waals surface area contributed by atoms with E-state index in [0.717, 1.165) is 26.1 Å². The molecule has 4 nitrogen and oxygen atoms in total. The molecule has 0 aliphatic carbocycles. The molecule has 0 saturated carbocycles. The van der Waals surface area contributed by atoms with Crippen LogP contribution < -0.4 is 0 Å². The lowest BCUT2D eigenvalue weighted by atomic mass is 10.1. The third-order valence-corrected chi connectivity index (χ3v) is 4.43. The SMILES string of the molecule is CCOC(=O)CN(CCC(C)C)Cc1cccn1Cc1cccc(C)c1. The fraction of sp³-hybridized carbons (Fsp3) is 0.500. The number of hydrogen-bond donors (Lipinski definition) is 0. The van der Waals surface area contributed by atoms with E-state index in [1.807, 2.05) is 6.92 Å². The number of esters is 1. The fourth-order valence-corrected chi connectivity index (χ4v) is 3.03. The van der Waals surface area contributed by atoms with Gasteiger partial charge in [-0.1, -0.05) is 43.7 Å². The van der Waals surface area contributed by atoms with Crippen molar-refractivity contribution in [1.29, 1.82) is 0 Å². The van der Waals surface area contributed by atoms with Gasteiger partial charge < -0.3 is 9.30 Å². The first-order valence-electron chi connectivity index (χ1n) is 9.55. The van der Waals surface area contributed by atoms with Crippen LogP contribution in [0.15, 0.2) is 42.6 Å². The van der Waals surface area contributed by atoms with Gasteiger partial charge in [0, 0.05) is 25.0 Å². The lowest BCUT2D eigenvalue weighted by Crippen LogP contribution is -2.33. The smallest absolute Gasteiger partial charge is 0.320 e. The largest absolute Gasteiger partial charge is 0.465 e. The Morgan fingerprint density at radius 2 is 2.04 bits per heavy atom. The standard InChI is InChI=1S/C22H32N2O2/c1-5-26-22(25)17-23(13-11-18(2)3)16-21-10-7-12-24(21)15-20-9-6-8-19(4)14-20/h6-10,12,14,18H,5,11,13,15-17H2,1-4H3. The molecule has 26 heavy (non-hydrogen) atoms. The van der Waals surface area contributed by atoms with Crippen molar-refractivity contribution in [3.8, 4) is 0 Å². The summed E-state index contributed by atoms with van der Waals surface area (Å²) in [5, 5.41) is 0. The number of ether oxygens (including phenoxy) is 1. The van der Waals surface area contributed by atoms with Gasteiger partial charge in [0.15, 0.2) is 0 Å². The second kappa shape index (κ2) is 10.2. The molecule has 142 valence electrons. The van der Waals surface area contributed by atoms with Crippen molar-refractivity contribution >= 4 is 5.97 Å². The Labute approximate surface area is 157 Å². The number of benzene rings is 1. The number of carbonyl (C=O) groups excluding carboxylic acids is 1. The topological polar surface area (TPSA) is 34.5 Å². The van der Waals surface area contributed by atoms with Gasteiger partial charge in [-0.25, -0.2) is 0 Å². The summed E-state index contributed by atoms with van der Waals surface area (Å²) in [6.07, 6.45) is 3.18. The molecule has 0 bridgehead atoms. The van der Waals surface area contributed by atoms with E-state index in [1.165, 1.54) is 16.8 Å². The van der Waals surface area contributed by atoms with Crippen LogP contribution >= 0.6 is 0 Å². The van der Waals surface area contributed by atoms with Gasteiger partial charge in [0.25, 0.3) is 0 Å². The maximum absolute atomic E-state index is 12.0. The van der Waals surface area contributed by atoms with Crippen LogP contribution in [-0.2, 0) is 22.6 Å². The van der Waals surface area contributed by atoms with Gasteiger partial charge >= 0.3 is 5.97 Å². The molecule has 0 fully saturated rings. The zero-order valence-electron chi connectivity index (χ0n) is 16.6. The Balaban J connectivity index is 2.07. The molecule has 0 radical (unpaired) electrons. The van der Waals surface area contributed by atoms with Crippen molar-refractivity contribution in [2.45, 2.75) is 47.2 Å². The summed E-state index contributed by atoms with van der Waals surface area (Å²) in [6, 6.07) is 12.8. The predicted molar refractivity (Wildman–Crippen MR) is 106 cm³/mol. The van der Waals surface area contributed by atoms with Crippen LogP contribution in [0.1, 0.15) is 44.0 Å². The van der Waals surface area contributed by atoms with Crippen LogP contribution in [0.5, 0.6) is 0 Å². The third-order valence-electron chi connectivity index (χ3n) is 4.43. The van der Waals surface area contributed by atoms with Gasteiger partial charge in [-0.3, -0.25) is 9.69 Å². The highest BCUT2D eigenvalue weighted by atomic mass is 16.5. The molecule has 2 aromatic rings. The predicted octanol–water partition coefficient (Wildman–Crippen LogP) is 4.26. The molecule has 0 atom stereocenters. The molecule has 2 rings (SSSR count). The third kappa shape index (κ3) is 6.68. The number of hydrogen-bond acceptors (Lipinski definition) is 3. The highest BCUT2D eigenvalue weighted by molar-refractivity contribution is 5.71. The Morgan fingerprint density at radius 3 is 2.73 bits per heavy atom. The number of nitrogens with zero attached hydrogens (tertiary/aromatic N) is 2. The van der Waals surface area contributed by atoms with Gasteiger partial charge in [0.05, 0.1) is 13.2 Å². The average molecular weight is 357 g/mol. The van der Waals surface area contributed by atoms with Gasteiger partial charge in [0.2, 0.25) is 0 Å². The molecule has 4 heteroatoms. The van der Waals surface area contributed by atoms with Crippen LogP contribution in [0.3, 0.4) is 0 Å². The minimum atomic E-state index is -0.145. The normalized spacial score (nSPS) is 11.3. The molecule has 0 saturated heterocycles. The van der Waals surface area contributed by atoms with Crippen molar-refractivity contribution in [3.05, 3.63) is 59.4 Å². The van der Waals surface area contributed by atoms with Gasteiger partial charge in [-0.05, 0) is 50.4 Å². The van der Waals surface area contributed by atoms with E-state index in [-0.39, 0.29) is 5.97 Å². The van der Waals surface area contributed by atoms with Crippen LogP contribution in [-0.4, -0.2) is 35.1 Å². The van der Waals surface area contributed by atoms with E-state index in [0.29, 0.717) is 19.1 Å². The molecular formula is C22H32N2O2. The first-order valence-corrected chi connectivity index (χ1v) is 9.55. The minimum Gasteiger partial charge on any atom is -0.465 e. The molecule has 0 unspecified atom stereocenters. The summed E-state index contributed by atoms with van der Waals surface area (Å²) in [6.45, 7) is 11.7. The Hall–Kier alpha value is -2.07. The monoisotopic (exact) mass is 356 g/mol. The second-order valence-electron chi connectivity index (χ2n) is 7.31. The number of aromatic nitrogens is 1.